The number of hydrogen-bond acceptors (Lipinski definition) is 2. The van der Waals surface area contributed by atoms with Crippen LogP contribution in [0.1, 0.15) is 23.2 Å². The van der Waals surface area contributed by atoms with Gasteiger partial charge in [-0.05, 0) is 79.8 Å². The molecule has 0 spiro atoms. The van der Waals surface area contributed by atoms with Crippen molar-refractivity contribution >= 4 is 21.9 Å². The molecule has 3 nitrogen and oxygen atoms in total. The summed E-state index contributed by atoms with van der Waals surface area (Å²) in [6.45, 7) is 4.17. The summed E-state index contributed by atoms with van der Waals surface area (Å²) in [5, 5.41) is 10.9. The summed E-state index contributed by atoms with van der Waals surface area (Å²) in [6.07, 6.45) is 0.445. The van der Waals surface area contributed by atoms with Crippen LogP contribution in [-0.2, 0) is 11.2 Å². The van der Waals surface area contributed by atoms with Gasteiger partial charge in [0, 0.05) is 21.8 Å². The Morgan fingerprint density at radius 3 is 2.36 bits per heavy atom. The van der Waals surface area contributed by atoms with Crippen LogP contribution >= 0.6 is 15.9 Å². The highest BCUT2D eigenvalue weighted by Gasteiger charge is 2.12. The van der Waals surface area contributed by atoms with Crippen molar-refractivity contribution in [2.24, 2.45) is 0 Å². The third-order valence-corrected chi connectivity index (χ3v) is 4.96. The summed E-state index contributed by atoms with van der Waals surface area (Å²) in [7, 11) is 0. The number of carboxylic acids is 1. The lowest BCUT2D eigenvalue weighted by molar-refractivity contribution is -0.305. The van der Waals surface area contributed by atoms with Crippen molar-refractivity contribution in [2.75, 3.05) is 0 Å². The van der Waals surface area contributed by atoms with Crippen molar-refractivity contribution in [1.82, 2.24) is 4.57 Å². The molecule has 1 heterocycles. The van der Waals surface area contributed by atoms with E-state index < -0.39 is 5.97 Å². The van der Waals surface area contributed by atoms with Gasteiger partial charge in [0.25, 0.3) is 0 Å². The first-order chi connectivity index (χ1) is 12.0. The molecule has 0 radical (unpaired) electrons. The van der Waals surface area contributed by atoms with Crippen molar-refractivity contribution in [3.05, 3.63) is 75.9 Å². The number of carboxylic acid groups (broad SMARTS) is 1. The fraction of sp³-hybridized carbons (Fsp3) is 0.190. The maximum atomic E-state index is 10.9. The maximum Gasteiger partial charge on any atom is 0.0531 e. The van der Waals surface area contributed by atoms with Crippen molar-refractivity contribution in [3.63, 3.8) is 0 Å². The number of carbonyl (C=O) groups excluding carboxylic acids is 1. The van der Waals surface area contributed by atoms with Gasteiger partial charge in [-0.3, -0.25) is 0 Å². The number of hydrogen-bond donors (Lipinski definition) is 0. The molecule has 0 amide bonds. The largest absolute Gasteiger partial charge is 0.550 e. The summed E-state index contributed by atoms with van der Waals surface area (Å²) >= 11 is 3.47. The Labute approximate surface area is 156 Å². The van der Waals surface area contributed by atoms with Crippen LogP contribution < -0.4 is 5.11 Å². The number of benzene rings is 2. The van der Waals surface area contributed by atoms with Crippen LogP contribution in [0.4, 0.5) is 0 Å². The van der Waals surface area contributed by atoms with Gasteiger partial charge in [-0.15, -0.1) is 0 Å². The summed E-state index contributed by atoms with van der Waals surface area (Å²) in [4.78, 5) is 10.9. The summed E-state index contributed by atoms with van der Waals surface area (Å²) in [5.41, 5.74) is 6.58. The lowest BCUT2D eigenvalue weighted by Gasteiger charge is -2.16. The van der Waals surface area contributed by atoms with E-state index in [0.29, 0.717) is 6.42 Å². The second kappa shape index (κ2) is 7.28. The van der Waals surface area contributed by atoms with Gasteiger partial charge in [0.2, 0.25) is 0 Å². The van der Waals surface area contributed by atoms with Gasteiger partial charge in [-0.2, -0.15) is 0 Å². The van der Waals surface area contributed by atoms with Crippen molar-refractivity contribution in [3.8, 4) is 16.9 Å². The van der Waals surface area contributed by atoms with E-state index >= 15 is 0 Å². The van der Waals surface area contributed by atoms with Gasteiger partial charge in [0.15, 0.2) is 0 Å². The number of aryl methyl sites for hydroxylation is 3. The first-order valence-electron chi connectivity index (χ1n) is 8.20. The Balaban J connectivity index is 2.13. The van der Waals surface area contributed by atoms with Crippen LogP contribution in [0.25, 0.3) is 16.9 Å². The first-order valence-corrected chi connectivity index (χ1v) is 8.99. The molecule has 0 aliphatic carbocycles. The van der Waals surface area contributed by atoms with Gasteiger partial charge in [0.1, 0.15) is 0 Å². The minimum Gasteiger partial charge on any atom is -0.550 e. The predicted octanol–water partition coefficient (Wildman–Crippen LogP) is 4.21. The predicted molar refractivity (Wildman–Crippen MR) is 102 cm³/mol. The van der Waals surface area contributed by atoms with Crippen molar-refractivity contribution < 1.29 is 9.90 Å². The van der Waals surface area contributed by atoms with Crippen LogP contribution in [0, 0.1) is 13.8 Å². The van der Waals surface area contributed by atoms with E-state index in [9.17, 15) is 9.90 Å². The molecular weight excluding hydrogens is 378 g/mol. The van der Waals surface area contributed by atoms with Crippen molar-refractivity contribution in [2.45, 2.75) is 26.7 Å². The van der Waals surface area contributed by atoms with E-state index in [1.165, 1.54) is 11.1 Å². The van der Waals surface area contributed by atoms with E-state index in [4.69, 9.17) is 0 Å². The number of rotatable bonds is 5. The number of halogens is 1. The zero-order valence-corrected chi connectivity index (χ0v) is 15.8. The molecule has 0 atom stereocenters. The standard InChI is InChI=1S/C21H20BrNO2/c1-14-3-8-19(13-15(14)2)23-18(10-12-21(24)25)9-11-20(23)16-4-6-17(22)7-5-16/h3-9,11,13H,10,12H2,1-2H3,(H,24,25)/p-1. The quantitative estimate of drug-likeness (QED) is 0.648. The smallest absolute Gasteiger partial charge is 0.0531 e. The Morgan fingerprint density at radius 2 is 1.72 bits per heavy atom. The molecule has 1 aromatic heterocycles. The van der Waals surface area contributed by atoms with Crippen LogP contribution in [0.2, 0.25) is 0 Å². The average Bonchev–Trinajstić information content (AvgIpc) is 3.00. The fourth-order valence-electron chi connectivity index (χ4n) is 2.92. The first kappa shape index (κ1) is 17.5. The summed E-state index contributed by atoms with van der Waals surface area (Å²) in [6, 6.07) is 18.5. The molecule has 25 heavy (non-hydrogen) atoms. The Hall–Kier alpha value is -2.33. The molecule has 3 aromatic rings. The molecule has 0 saturated heterocycles. The molecular formula is C21H19BrNO2-. The van der Waals surface area contributed by atoms with E-state index in [1.54, 1.807) is 0 Å². The van der Waals surface area contributed by atoms with Crippen LogP contribution in [0.15, 0.2) is 59.1 Å². The van der Waals surface area contributed by atoms with E-state index in [2.05, 4.69) is 64.7 Å². The third kappa shape index (κ3) is 3.85. The second-order valence-electron chi connectivity index (χ2n) is 6.19. The lowest BCUT2D eigenvalue weighted by Crippen LogP contribution is -2.22. The van der Waals surface area contributed by atoms with Crippen LogP contribution in [0.5, 0.6) is 0 Å². The molecule has 0 bridgehead atoms. The number of nitrogens with zero attached hydrogens (tertiary/aromatic N) is 1. The Kier molecular flexibility index (Phi) is 5.09. The van der Waals surface area contributed by atoms with E-state index in [-0.39, 0.29) is 6.42 Å². The topological polar surface area (TPSA) is 45.1 Å². The summed E-state index contributed by atoms with van der Waals surface area (Å²) < 4.78 is 3.16. The highest BCUT2D eigenvalue weighted by Crippen LogP contribution is 2.29. The molecule has 0 aliphatic rings. The van der Waals surface area contributed by atoms with Crippen LogP contribution in [-0.4, -0.2) is 10.5 Å². The molecule has 2 aromatic carbocycles. The Bertz CT molecular complexity index is 910. The molecule has 3 rings (SSSR count). The fourth-order valence-corrected chi connectivity index (χ4v) is 3.18. The monoisotopic (exact) mass is 396 g/mol. The molecule has 0 saturated carbocycles. The summed E-state index contributed by atoms with van der Waals surface area (Å²) in [5.74, 6) is -1.03. The zero-order valence-electron chi connectivity index (χ0n) is 14.3. The van der Waals surface area contributed by atoms with Gasteiger partial charge >= 0.3 is 0 Å². The third-order valence-electron chi connectivity index (χ3n) is 4.44. The molecule has 4 heteroatoms. The van der Waals surface area contributed by atoms with Gasteiger partial charge in [0.05, 0.1) is 5.69 Å². The van der Waals surface area contributed by atoms with E-state index in [0.717, 1.165) is 27.1 Å². The molecule has 0 fully saturated rings. The molecule has 0 N–H and O–H groups in total. The minimum absolute atomic E-state index is 0.00857. The average molecular weight is 397 g/mol. The number of aromatic nitrogens is 1. The lowest BCUT2D eigenvalue weighted by atomic mass is 10.1. The SMILES string of the molecule is Cc1ccc(-n2c(CCC(=O)[O-])ccc2-c2ccc(Br)cc2)cc1C. The van der Waals surface area contributed by atoms with Crippen LogP contribution in [0.3, 0.4) is 0 Å². The van der Waals surface area contributed by atoms with Crippen molar-refractivity contribution in [1.29, 1.82) is 0 Å². The van der Waals surface area contributed by atoms with Gasteiger partial charge in [-0.1, -0.05) is 34.1 Å². The molecule has 128 valence electrons. The zero-order chi connectivity index (χ0) is 18.0. The van der Waals surface area contributed by atoms with Gasteiger partial charge < -0.3 is 14.5 Å². The van der Waals surface area contributed by atoms with E-state index in [1.807, 2.05) is 24.3 Å². The maximum absolute atomic E-state index is 10.9. The number of carbonyl (C=O) groups is 1. The molecule has 0 aliphatic heterocycles. The minimum atomic E-state index is -1.03. The molecule has 0 unspecified atom stereocenters. The highest BCUT2D eigenvalue weighted by molar-refractivity contribution is 9.10. The van der Waals surface area contributed by atoms with Gasteiger partial charge in [-0.25, -0.2) is 0 Å². The highest BCUT2D eigenvalue weighted by atomic mass is 79.9. The number of aliphatic carboxylic acids is 1. The normalized spacial score (nSPS) is 10.8. The second-order valence-corrected chi connectivity index (χ2v) is 7.11. The Morgan fingerprint density at radius 1 is 1.00 bits per heavy atom.